The zero-order valence-corrected chi connectivity index (χ0v) is 10.7. The fourth-order valence-corrected chi connectivity index (χ4v) is 1.32. The number of allylic oxidation sites excluding steroid dienone is 1. The van der Waals surface area contributed by atoms with Gasteiger partial charge < -0.3 is 15.4 Å². The standard InChI is InChI=1S/C12H15N3O4/c1-3-4-7-13-12(16)14-10-8-9(15(17)18)5-6-11(10)19-2/h4-8H,3H2,1-2H3,(H2,13,14,16)/b7-4+. The molecule has 0 aliphatic carbocycles. The van der Waals surface area contributed by atoms with E-state index in [1.807, 2.05) is 6.92 Å². The van der Waals surface area contributed by atoms with E-state index in [4.69, 9.17) is 4.74 Å². The topological polar surface area (TPSA) is 93.5 Å². The normalized spacial score (nSPS) is 10.2. The van der Waals surface area contributed by atoms with Crippen LogP contribution in [0.15, 0.2) is 30.5 Å². The van der Waals surface area contributed by atoms with Gasteiger partial charge in [-0.2, -0.15) is 0 Å². The Morgan fingerprint density at radius 1 is 1.53 bits per heavy atom. The summed E-state index contributed by atoms with van der Waals surface area (Å²) in [7, 11) is 1.42. The number of carbonyl (C=O) groups excluding carboxylic acids is 1. The Labute approximate surface area is 110 Å². The number of benzene rings is 1. The Morgan fingerprint density at radius 2 is 2.26 bits per heavy atom. The van der Waals surface area contributed by atoms with Crippen molar-refractivity contribution in [3.05, 3.63) is 40.6 Å². The van der Waals surface area contributed by atoms with Gasteiger partial charge in [-0.1, -0.05) is 13.0 Å². The molecule has 19 heavy (non-hydrogen) atoms. The van der Waals surface area contributed by atoms with Crippen molar-refractivity contribution in [2.24, 2.45) is 0 Å². The predicted molar refractivity (Wildman–Crippen MR) is 71.2 cm³/mol. The summed E-state index contributed by atoms with van der Waals surface area (Å²) in [6, 6.07) is 3.47. The molecule has 0 fully saturated rings. The molecule has 1 rings (SSSR count). The molecular formula is C12H15N3O4. The first-order valence-electron chi connectivity index (χ1n) is 5.63. The van der Waals surface area contributed by atoms with Gasteiger partial charge in [0, 0.05) is 18.3 Å². The molecule has 1 aromatic rings. The van der Waals surface area contributed by atoms with E-state index in [0.717, 1.165) is 6.42 Å². The van der Waals surface area contributed by atoms with Crippen LogP contribution in [0.2, 0.25) is 0 Å². The van der Waals surface area contributed by atoms with Crippen LogP contribution in [0.1, 0.15) is 13.3 Å². The summed E-state index contributed by atoms with van der Waals surface area (Å²) >= 11 is 0. The van der Waals surface area contributed by atoms with Gasteiger partial charge in [-0.25, -0.2) is 4.79 Å². The van der Waals surface area contributed by atoms with Crippen LogP contribution in [0.5, 0.6) is 5.75 Å². The van der Waals surface area contributed by atoms with Crippen molar-refractivity contribution >= 4 is 17.4 Å². The molecule has 0 saturated carbocycles. The van der Waals surface area contributed by atoms with Crippen LogP contribution >= 0.6 is 0 Å². The minimum absolute atomic E-state index is 0.125. The van der Waals surface area contributed by atoms with Crippen molar-refractivity contribution in [3.63, 3.8) is 0 Å². The summed E-state index contributed by atoms with van der Waals surface area (Å²) < 4.78 is 5.02. The molecule has 0 aromatic heterocycles. The van der Waals surface area contributed by atoms with Crippen molar-refractivity contribution in [2.75, 3.05) is 12.4 Å². The van der Waals surface area contributed by atoms with Gasteiger partial charge in [0.25, 0.3) is 5.69 Å². The number of carbonyl (C=O) groups is 1. The number of nitro benzene ring substituents is 1. The zero-order chi connectivity index (χ0) is 14.3. The van der Waals surface area contributed by atoms with E-state index in [1.54, 1.807) is 6.08 Å². The first-order valence-corrected chi connectivity index (χ1v) is 5.63. The second-order valence-corrected chi connectivity index (χ2v) is 3.55. The van der Waals surface area contributed by atoms with Crippen molar-refractivity contribution in [3.8, 4) is 5.75 Å². The zero-order valence-electron chi connectivity index (χ0n) is 10.7. The number of nitrogens with zero attached hydrogens (tertiary/aromatic N) is 1. The molecule has 7 heteroatoms. The summed E-state index contributed by atoms with van der Waals surface area (Å²) in [6.07, 6.45) is 4.06. The smallest absolute Gasteiger partial charge is 0.323 e. The van der Waals surface area contributed by atoms with Crippen LogP contribution in [-0.4, -0.2) is 18.1 Å². The van der Waals surface area contributed by atoms with Crippen LogP contribution in [0, 0.1) is 10.1 Å². The van der Waals surface area contributed by atoms with Gasteiger partial charge in [0.15, 0.2) is 0 Å². The van der Waals surface area contributed by atoms with Crippen LogP contribution in [-0.2, 0) is 0 Å². The Balaban J connectivity index is 2.85. The van der Waals surface area contributed by atoms with E-state index < -0.39 is 11.0 Å². The molecule has 7 nitrogen and oxygen atoms in total. The predicted octanol–water partition coefficient (Wildman–Crippen LogP) is 2.65. The average molecular weight is 265 g/mol. The lowest BCUT2D eigenvalue weighted by Crippen LogP contribution is -2.24. The molecule has 0 atom stereocenters. The molecule has 0 aliphatic rings. The van der Waals surface area contributed by atoms with Crippen LogP contribution in [0.4, 0.5) is 16.2 Å². The number of non-ortho nitro benzene ring substituents is 1. The highest BCUT2D eigenvalue weighted by Crippen LogP contribution is 2.28. The van der Waals surface area contributed by atoms with E-state index in [2.05, 4.69) is 10.6 Å². The van der Waals surface area contributed by atoms with E-state index >= 15 is 0 Å². The molecule has 0 spiro atoms. The van der Waals surface area contributed by atoms with Gasteiger partial charge in [0.2, 0.25) is 0 Å². The Hall–Kier alpha value is -2.57. The van der Waals surface area contributed by atoms with Gasteiger partial charge in [-0.05, 0) is 12.5 Å². The summed E-state index contributed by atoms with van der Waals surface area (Å²) in [5, 5.41) is 15.6. The van der Waals surface area contributed by atoms with E-state index in [-0.39, 0.29) is 11.4 Å². The van der Waals surface area contributed by atoms with Crippen LogP contribution in [0.3, 0.4) is 0 Å². The number of rotatable bonds is 5. The highest BCUT2D eigenvalue weighted by molar-refractivity contribution is 5.92. The molecule has 2 N–H and O–H groups in total. The number of nitrogens with one attached hydrogen (secondary N) is 2. The first kappa shape index (κ1) is 14.5. The number of hydrogen-bond donors (Lipinski definition) is 2. The molecule has 0 saturated heterocycles. The summed E-state index contributed by atoms with van der Waals surface area (Å²) in [5.74, 6) is 0.347. The maximum Gasteiger partial charge on any atom is 0.323 e. The SMILES string of the molecule is CC/C=C/NC(=O)Nc1cc([N+](=O)[O-])ccc1OC. The molecule has 0 aliphatic heterocycles. The number of methoxy groups -OCH3 is 1. The number of urea groups is 1. The largest absolute Gasteiger partial charge is 0.495 e. The molecule has 0 heterocycles. The van der Waals surface area contributed by atoms with Crippen LogP contribution in [0.25, 0.3) is 0 Å². The van der Waals surface area contributed by atoms with E-state index in [0.29, 0.717) is 5.75 Å². The molecule has 2 amide bonds. The number of nitro groups is 1. The van der Waals surface area contributed by atoms with E-state index in [1.165, 1.54) is 31.5 Å². The maximum atomic E-state index is 11.5. The van der Waals surface area contributed by atoms with Gasteiger partial charge >= 0.3 is 6.03 Å². The third-order valence-corrected chi connectivity index (χ3v) is 2.21. The molecule has 0 radical (unpaired) electrons. The number of amides is 2. The van der Waals surface area contributed by atoms with Gasteiger partial charge in [-0.15, -0.1) is 0 Å². The van der Waals surface area contributed by atoms with Crippen molar-refractivity contribution < 1.29 is 14.5 Å². The summed E-state index contributed by atoms with van der Waals surface area (Å²) in [4.78, 5) is 21.7. The van der Waals surface area contributed by atoms with E-state index in [9.17, 15) is 14.9 Å². The van der Waals surface area contributed by atoms with Crippen molar-refractivity contribution in [2.45, 2.75) is 13.3 Å². The average Bonchev–Trinajstić information content (AvgIpc) is 2.38. The number of anilines is 1. The molecule has 0 unspecified atom stereocenters. The third-order valence-electron chi connectivity index (χ3n) is 2.21. The van der Waals surface area contributed by atoms with Gasteiger partial charge in [0.1, 0.15) is 5.75 Å². The van der Waals surface area contributed by atoms with Crippen molar-refractivity contribution in [1.29, 1.82) is 0 Å². The van der Waals surface area contributed by atoms with Gasteiger partial charge in [-0.3, -0.25) is 10.1 Å². The molecule has 102 valence electrons. The van der Waals surface area contributed by atoms with Crippen molar-refractivity contribution in [1.82, 2.24) is 5.32 Å². The maximum absolute atomic E-state index is 11.5. The van der Waals surface area contributed by atoms with Crippen LogP contribution < -0.4 is 15.4 Å². The lowest BCUT2D eigenvalue weighted by atomic mass is 10.2. The quantitative estimate of drug-likeness (QED) is 0.632. The Bertz CT molecular complexity index is 500. The molecular weight excluding hydrogens is 250 g/mol. The summed E-state index contributed by atoms with van der Waals surface area (Å²) in [5.41, 5.74) is 0.110. The first-order chi connectivity index (χ1) is 9.08. The highest BCUT2D eigenvalue weighted by Gasteiger charge is 2.12. The minimum atomic E-state index is -0.542. The second kappa shape index (κ2) is 7.00. The minimum Gasteiger partial charge on any atom is -0.495 e. The third kappa shape index (κ3) is 4.30. The Morgan fingerprint density at radius 3 is 2.84 bits per heavy atom. The molecule has 1 aromatic carbocycles. The molecule has 0 bridgehead atoms. The lowest BCUT2D eigenvalue weighted by molar-refractivity contribution is -0.384. The fourth-order valence-electron chi connectivity index (χ4n) is 1.32. The monoisotopic (exact) mass is 265 g/mol. The highest BCUT2D eigenvalue weighted by atomic mass is 16.6. The number of hydrogen-bond acceptors (Lipinski definition) is 4. The second-order valence-electron chi connectivity index (χ2n) is 3.55. The van der Waals surface area contributed by atoms with Gasteiger partial charge in [0.05, 0.1) is 17.7 Å². The fraction of sp³-hybridized carbons (Fsp3) is 0.250. The number of ether oxygens (including phenoxy) is 1. The lowest BCUT2D eigenvalue weighted by Gasteiger charge is -2.09. The summed E-state index contributed by atoms with van der Waals surface area (Å²) in [6.45, 7) is 1.93. The Kier molecular flexibility index (Phi) is 5.34.